The number of hydrogen-bond donors (Lipinski definition) is 3. The number of nitrogens with zero attached hydrogens (tertiary/aromatic N) is 1. The summed E-state index contributed by atoms with van der Waals surface area (Å²) in [5.74, 6) is -1.08. The molecule has 6 nitrogen and oxygen atoms in total. The van der Waals surface area contributed by atoms with Gasteiger partial charge in [-0.2, -0.15) is 18.4 Å². The Morgan fingerprint density at radius 2 is 1.64 bits per heavy atom. The molecule has 0 heterocycles. The highest BCUT2D eigenvalue weighted by atomic mass is 19.4. The lowest BCUT2D eigenvalue weighted by Gasteiger charge is -2.10. The number of hydrogen-bond acceptors (Lipinski definition) is 4. The third-order valence-corrected chi connectivity index (χ3v) is 3.40. The molecule has 0 radical (unpaired) electrons. The SMILES string of the molecule is CC(=O)Nc1ccc(N/C=C(/C#N)C(=O)Nc2cccc(C(F)(F)F)c2)cc1. The van der Waals surface area contributed by atoms with E-state index in [1.54, 1.807) is 30.3 Å². The Morgan fingerprint density at radius 3 is 2.21 bits per heavy atom. The van der Waals surface area contributed by atoms with Crippen LogP contribution in [0.25, 0.3) is 0 Å². The van der Waals surface area contributed by atoms with Gasteiger partial charge in [0.2, 0.25) is 5.91 Å². The molecule has 9 heteroatoms. The maximum absolute atomic E-state index is 12.7. The van der Waals surface area contributed by atoms with Crippen molar-refractivity contribution in [1.82, 2.24) is 0 Å². The molecule has 0 aliphatic rings. The molecule has 0 saturated carbocycles. The zero-order chi connectivity index (χ0) is 20.7. The normalized spacial score (nSPS) is 11.3. The molecule has 0 unspecified atom stereocenters. The first kappa shape index (κ1) is 20.5. The third-order valence-electron chi connectivity index (χ3n) is 3.40. The molecule has 0 aliphatic carbocycles. The molecule has 2 amide bonds. The van der Waals surface area contributed by atoms with Crippen molar-refractivity contribution < 1.29 is 22.8 Å². The maximum Gasteiger partial charge on any atom is 0.416 e. The van der Waals surface area contributed by atoms with Gasteiger partial charge in [0, 0.05) is 30.2 Å². The number of rotatable bonds is 5. The highest BCUT2D eigenvalue weighted by Crippen LogP contribution is 2.30. The summed E-state index contributed by atoms with van der Waals surface area (Å²) in [6, 6.07) is 12.2. The first-order valence-corrected chi connectivity index (χ1v) is 7.92. The minimum atomic E-state index is -4.54. The first-order valence-electron chi connectivity index (χ1n) is 7.92. The largest absolute Gasteiger partial charge is 0.416 e. The second-order valence-corrected chi connectivity index (χ2v) is 5.61. The Balaban J connectivity index is 2.07. The molecule has 3 N–H and O–H groups in total. The van der Waals surface area contributed by atoms with E-state index in [2.05, 4.69) is 16.0 Å². The number of halogens is 3. The van der Waals surface area contributed by atoms with E-state index >= 15 is 0 Å². The lowest BCUT2D eigenvalue weighted by atomic mass is 10.2. The van der Waals surface area contributed by atoms with Crippen molar-refractivity contribution in [3.8, 4) is 6.07 Å². The molecule has 0 saturated heterocycles. The summed E-state index contributed by atoms with van der Waals surface area (Å²) in [5.41, 5.74) is -0.215. The van der Waals surface area contributed by atoms with Gasteiger partial charge in [0.25, 0.3) is 5.91 Å². The van der Waals surface area contributed by atoms with E-state index in [4.69, 9.17) is 5.26 Å². The highest BCUT2D eigenvalue weighted by molar-refractivity contribution is 6.06. The zero-order valence-electron chi connectivity index (χ0n) is 14.6. The van der Waals surface area contributed by atoms with Crippen LogP contribution < -0.4 is 16.0 Å². The lowest BCUT2D eigenvalue weighted by Crippen LogP contribution is -2.15. The smallest absolute Gasteiger partial charge is 0.360 e. The second-order valence-electron chi connectivity index (χ2n) is 5.61. The van der Waals surface area contributed by atoms with E-state index in [9.17, 15) is 22.8 Å². The third kappa shape index (κ3) is 5.88. The first-order chi connectivity index (χ1) is 13.2. The van der Waals surface area contributed by atoms with Crippen molar-refractivity contribution in [2.75, 3.05) is 16.0 Å². The van der Waals surface area contributed by atoms with Crippen molar-refractivity contribution in [3.05, 3.63) is 65.9 Å². The van der Waals surface area contributed by atoms with Crippen LogP contribution in [0.5, 0.6) is 0 Å². The Bertz CT molecular complexity index is 945. The monoisotopic (exact) mass is 388 g/mol. The average Bonchev–Trinajstić information content (AvgIpc) is 2.62. The van der Waals surface area contributed by atoms with Gasteiger partial charge in [-0.25, -0.2) is 0 Å². The van der Waals surface area contributed by atoms with E-state index in [0.717, 1.165) is 24.4 Å². The van der Waals surface area contributed by atoms with Crippen LogP contribution in [0, 0.1) is 11.3 Å². The number of amides is 2. The van der Waals surface area contributed by atoms with Crippen LogP contribution in [0.2, 0.25) is 0 Å². The lowest BCUT2D eigenvalue weighted by molar-refractivity contribution is -0.137. The number of benzene rings is 2. The molecular formula is C19H15F3N4O2. The van der Waals surface area contributed by atoms with Crippen LogP contribution in [0.15, 0.2) is 60.3 Å². The summed E-state index contributed by atoms with van der Waals surface area (Å²) in [5, 5.41) is 16.7. The molecule has 28 heavy (non-hydrogen) atoms. The number of nitrogens with one attached hydrogen (secondary N) is 3. The van der Waals surface area contributed by atoms with Crippen LogP contribution >= 0.6 is 0 Å². The highest BCUT2D eigenvalue weighted by Gasteiger charge is 2.30. The Labute approximate surface area is 158 Å². The maximum atomic E-state index is 12.7. The van der Waals surface area contributed by atoms with Crippen molar-refractivity contribution in [2.45, 2.75) is 13.1 Å². The molecule has 2 aromatic rings. The van der Waals surface area contributed by atoms with E-state index in [-0.39, 0.29) is 17.2 Å². The molecule has 0 aromatic heterocycles. The molecule has 0 spiro atoms. The van der Waals surface area contributed by atoms with Gasteiger partial charge in [0.15, 0.2) is 0 Å². The predicted octanol–water partition coefficient (Wildman–Crippen LogP) is 4.12. The molecule has 144 valence electrons. The molecule has 0 atom stereocenters. The van der Waals surface area contributed by atoms with Crippen LogP contribution in [-0.2, 0) is 15.8 Å². The average molecular weight is 388 g/mol. The van der Waals surface area contributed by atoms with Gasteiger partial charge in [0.1, 0.15) is 11.6 Å². The Kier molecular flexibility index (Phi) is 6.39. The number of carbonyl (C=O) groups is 2. The van der Waals surface area contributed by atoms with Crippen LogP contribution in [-0.4, -0.2) is 11.8 Å². The number of alkyl halides is 3. The Hall–Kier alpha value is -3.80. The van der Waals surface area contributed by atoms with Crippen molar-refractivity contribution in [1.29, 1.82) is 5.26 Å². The van der Waals surface area contributed by atoms with Gasteiger partial charge >= 0.3 is 6.18 Å². The molecular weight excluding hydrogens is 373 g/mol. The standard InChI is InChI=1S/C19H15F3N4O2/c1-12(27)25-16-7-5-15(6-8-16)24-11-13(10-23)18(28)26-17-4-2-3-14(9-17)19(20,21)22/h2-9,11,24H,1H3,(H,25,27)(H,26,28)/b13-11-. The van der Waals surface area contributed by atoms with Crippen molar-refractivity contribution in [2.24, 2.45) is 0 Å². The summed E-state index contributed by atoms with van der Waals surface area (Å²) in [6.45, 7) is 1.37. The van der Waals surface area contributed by atoms with Crippen LogP contribution in [0.4, 0.5) is 30.2 Å². The van der Waals surface area contributed by atoms with Crippen LogP contribution in [0.3, 0.4) is 0 Å². The van der Waals surface area contributed by atoms with Gasteiger partial charge in [-0.3, -0.25) is 9.59 Å². The fourth-order valence-electron chi connectivity index (χ4n) is 2.13. The quantitative estimate of drug-likeness (QED) is 0.530. The van der Waals surface area contributed by atoms with E-state index in [1.807, 2.05) is 0 Å². The molecule has 2 rings (SSSR count). The van der Waals surface area contributed by atoms with E-state index in [0.29, 0.717) is 11.4 Å². The predicted molar refractivity (Wildman–Crippen MR) is 98.1 cm³/mol. The van der Waals surface area contributed by atoms with E-state index < -0.39 is 17.6 Å². The summed E-state index contributed by atoms with van der Waals surface area (Å²) >= 11 is 0. The van der Waals surface area contributed by atoms with Crippen molar-refractivity contribution >= 4 is 28.9 Å². The van der Waals surface area contributed by atoms with E-state index in [1.165, 1.54) is 13.0 Å². The Morgan fingerprint density at radius 1 is 1.00 bits per heavy atom. The summed E-state index contributed by atoms with van der Waals surface area (Å²) < 4.78 is 38.2. The number of anilines is 3. The summed E-state index contributed by atoms with van der Waals surface area (Å²) in [6.07, 6.45) is -3.41. The zero-order valence-corrected chi connectivity index (χ0v) is 14.6. The molecule has 2 aromatic carbocycles. The number of nitriles is 1. The number of carbonyl (C=O) groups excluding carboxylic acids is 2. The van der Waals surface area contributed by atoms with Crippen LogP contribution in [0.1, 0.15) is 12.5 Å². The van der Waals surface area contributed by atoms with Gasteiger partial charge in [-0.05, 0) is 42.5 Å². The molecule has 0 fully saturated rings. The van der Waals surface area contributed by atoms with Gasteiger partial charge < -0.3 is 16.0 Å². The van der Waals surface area contributed by atoms with Gasteiger partial charge in [-0.15, -0.1) is 0 Å². The fraction of sp³-hybridized carbons (Fsp3) is 0.105. The van der Waals surface area contributed by atoms with Gasteiger partial charge in [0.05, 0.1) is 5.56 Å². The van der Waals surface area contributed by atoms with Crippen molar-refractivity contribution in [3.63, 3.8) is 0 Å². The topological polar surface area (TPSA) is 94.0 Å². The minimum absolute atomic E-state index is 0.0827. The summed E-state index contributed by atoms with van der Waals surface area (Å²) in [7, 11) is 0. The molecule has 0 bridgehead atoms. The second kappa shape index (κ2) is 8.73. The fourth-order valence-corrected chi connectivity index (χ4v) is 2.13. The summed E-state index contributed by atoms with van der Waals surface area (Å²) in [4.78, 5) is 23.1. The molecule has 0 aliphatic heterocycles. The van der Waals surface area contributed by atoms with Gasteiger partial charge in [-0.1, -0.05) is 6.07 Å². The minimum Gasteiger partial charge on any atom is -0.360 e.